The molecule has 5 atom stereocenters. The van der Waals surface area contributed by atoms with Crippen LogP contribution in [0.2, 0.25) is 0 Å². The number of benzene rings is 1. The van der Waals surface area contributed by atoms with Crippen LogP contribution in [0.4, 0.5) is 0 Å². The molecule has 19 heavy (non-hydrogen) atoms. The quantitative estimate of drug-likeness (QED) is 0.599. The van der Waals surface area contributed by atoms with E-state index in [0.29, 0.717) is 6.54 Å². The van der Waals surface area contributed by atoms with E-state index in [4.69, 9.17) is 4.74 Å². The van der Waals surface area contributed by atoms with Crippen molar-refractivity contribution >= 4 is 0 Å². The number of aliphatic hydroxyl groups excluding tert-OH is 3. The number of hydrogen-bond donors (Lipinski definition) is 4. The van der Waals surface area contributed by atoms with Gasteiger partial charge in [-0.05, 0) is 18.9 Å². The Hall–Kier alpha value is -0.980. The first-order chi connectivity index (χ1) is 9.09. The van der Waals surface area contributed by atoms with Crippen LogP contribution < -0.4 is 5.32 Å². The highest BCUT2D eigenvalue weighted by Gasteiger charge is 2.41. The van der Waals surface area contributed by atoms with Crippen molar-refractivity contribution in [3.8, 4) is 0 Å². The van der Waals surface area contributed by atoms with Crippen molar-refractivity contribution in [2.75, 3.05) is 6.54 Å². The molecule has 0 unspecified atom stereocenters. The summed E-state index contributed by atoms with van der Waals surface area (Å²) in [6.45, 7) is 2.30. The van der Waals surface area contributed by atoms with Crippen molar-refractivity contribution in [2.24, 2.45) is 0 Å². The minimum absolute atomic E-state index is 0.507. The van der Waals surface area contributed by atoms with Crippen LogP contribution in [-0.2, 0) is 11.2 Å². The molecule has 106 valence electrons. The summed E-state index contributed by atoms with van der Waals surface area (Å²) >= 11 is 0. The van der Waals surface area contributed by atoms with Gasteiger partial charge in [0.1, 0.15) is 24.5 Å². The average molecular weight is 267 g/mol. The molecule has 1 heterocycles. The lowest BCUT2D eigenvalue weighted by Gasteiger charge is -2.39. The molecule has 1 aliphatic heterocycles. The first-order valence-corrected chi connectivity index (χ1v) is 6.56. The predicted octanol–water partition coefficient (Wildman–Crippen LogP) is -0.354. The van der Waals surface area contributed by atoms with Gasteiger partial charge in [0.2, 0.25) is 0 Å². The van der Waals surface area contributed by atoms with Crippen molar-refractivity contribution in [2.45, 2.75) is 44.0 Å². The van der Waals surface area contributed by atoms with Gasteiger partial charge < -0.3 is 20.1 Å². The summed E-state index contributed by atoms with van der Waals surface area (Å²) in [5.41, 5.74) is 1.19. The fourth-order valence-corrected chi connectivity index (χ4v) is 2.22. The number of nitrogens with one attached hydrogen (secondary N) is 1. The van der Waals surface area contributed by atoms with Crippen molar-refractivity contribution in [1.29, 1.82) is 0 Å². The van der Waals surface area contributed by atoms with Crippen molar-refractivity contribution < 1.29 is 20.1 Å². The second-order valence-electron chi connectivity index (χ2n) is 4.92. The molecule has 5 heteroatoms. The summed E-state index contributed by atoms with van der Waals surface area (Å²) in [6, 6.07) is 9.97. The van der Waals surface area contributed by atoms with Crippen LogP contribution in [0.5, 0.6) is 0 Å². The Morgan fingerprint density at radius 3 is 2.42 bits per heavy atom. The van der Waals surface area contributed by atoms with Crippen LogP contribution in [0.3, 0.4) is 0 Å². The van der Waals surface area contributed by atoms with E-state index in [1.54, 1.807) is 6.92 Å². The molecule has 0 aromatic heterocycles. The zero-order valence-corrected chi connectivity index (χ0v) is 10.9. The summed E-state index contributed by atoms with van der Waals surface area (Å²) in [4.78, 5) is 0. The second kappa shape index (κ2) is 6.45. The van der Waals surface area contributed by atoms with Gasteiger partial charge in [-0.3, -0.25) is 5.32 Å². The highest BCUT2D eigenvalue weighted by molar-refractivity contribution is 5.14. The molecule has 1 aromatic rings. The topological polar surface area (TPSA) is 82.0 Å². The Bertz CT molecular complexity index is 386. The third-order valence-corrected chi connectivity index (χ3v) is 3.45. The van der Waals surface area contributed by atoms with Crippen LogP contribution in [0, 0.1) is 0 Å². The zero-order valence-electron chi connectivity index (χ0n) is 10.9. The summed E-state index contributed by atoms with van der Waals surface area (Å²) in [6.07, 6.45) is -3.72. The molecule has 4 N–H and O–H groups in total. The summed E-state index contributed by atoms with van der Waals surface area (Å²) < 4.78 is 5.45. The molecule has 0 radical (unpaired) electrons. The van der Waals surface area contributed by atoms with Crippen LogP contribution in [0.25, 0.3) is 0 Å². The van der Waals surface area contributed by atoms with Crippen LogP contribution in [0.1, 0.15) is 12.5 Å². The van der Waals surface area contributed by atoms with Gasteiger partial charge in [0, 0.05) is 6.54 Å². The Labute approximate surface area is 112 Å². The first kappa shape index (κ1) is 14.4. The minimum atomic E-state index is -1.18. The lowest BCUT2D eigenvalue weighted by molar-refractivity contribution is -0.224. The van der Waals surface area contributed by atoms with E-state index in [2.05, 4.69) is 5.32 Å². The van der Waals surface area contributed by atoms with Crippen LogP contribution >= 0.6 is 0 Å². The molecule has 0 spiro atoms. The molecule has 0 bridgehead atoms. The van der Waals surface area contributed by atoms with Gasteiger partial charge in [-0.2, -0.15) is 0 Å². The van der Waals surface area contributed by atoms with Gasteiger partial charge in [0.05, 0.1) is 6.10 Å². The molecule has 2 rings (SSSR count). The number of ether oxygens (including phenoxy) is 1. The Morgan fingerprint density at radius 1 is 1.05 bits per heavy atom. The number of aliphatic hydroxyl groups is 3. The average Bonchev–Trinajstić information content (AvgIpc) is 2.43. The van der Waals surface area contributed by atoms with Crippen LogP contribution in [-0.4, -0.2) is 52.5 Å². The summed E-state index contributed by atoms with van der Waals surface area (Å²) in [5, 5.41) is 32.1. The first-order valence-electron chi connectivity index (χ1n) is 6.56. The molecular weight excluding hydrogens is 246 g/mol. The predicted molar refractivity (Wildman–Crippen MR) is 70.5 cm³/mol. The van der Waals surface area contributed by atoms with E-state index in [1.165, 1.54) is 5.56 Å². The van der Waals surface area contributed by atoms with Gasteiger partial charge in [0.15, 0.2) is 0 Å². The third kappa shape index (κ3) is 3.52. The number of rotatable bonds is 4. The molecule has 1 aliphatic rings. The molecule has 1 saturated heterocycles. The molecule has 1 fully saturated rings. The minimum Gasteiger partial charge on any atom is -0.388 e. The van der Waals surface area contributed by atoms with Gasteiger partial charge >= 0.3 is 0 Å². The van der Waals surface area contributed by atoms with E-state index in [9.17, 15) is 15.3 Å². The third-order valence-electron chi connectivity index (χ3n) is 3.45. The molecular formula is C14H21NO4. The monoisotopic (exact) mass is 267 g/mol. The lowest BCUT2D eigenvalue weighted by atomic mass is 9.99. The Kier molecular flexibility index (Phi) is 4.90. The van der Waals surface area contributed by atoms with Gasteiger partial charge in [0.25, 0.3) is 0 Å². The largest absolute Gasteiger partial charge is 0.388 e. The summed E-state index contributed by atoms with van der Waals surface area (Å²) in [5.74, 6) is 0. The summed E-state index contributed by atoms with van der Waals surface area (Å²) in [7, 11) is 0. The van der Waals surface area contributed by atoms with Crippen molar-refractivity contribution in [3.05, 3.63) is 35.9 Å². The van der Waals surface area contributed by atoms with Crippen molar-refractivity contribution in [3.63, 3.8) is 0 Å². The van der Waals surface area contributed by atoms with Gasteiger partial charge in [-0.1, -0.05) is 30.3 Å². The van der Waals surface area contributed by atoms with Gasteiger partial charge in [-0.15, -0.1) is 0 Å². The molecule has 5 nitrogen and oxygen atoms in total. The second-order valence-corrected chi connectivity index (χ2v) is 4.92. The molecule has 0 aliphatic carbocycles. The highest BCUT2D eigenvalue weighted by Crippen LogP contribution is 2.19. The van der Waals surface area contributed by atoms with E-state index in [1.807, 2.05) is 30.3 Å². The fourth-order valence-electron chi connectivity index (χ4n) is 2.22. The SMILES string of the molecule is C[C@H]1O[C@@H](NCCc2ccccc2)[C@@H](O)[C@@H](O)[C@H]1O. The highest BCUT2D eigenvalue weighted by atomic mass is 16.5. The lowest BCUT2D eigenvalue weighted by Crippen LogP contribution is -2.61. The fraction of sp³-hybridized carbons (Fsp3) is 0.571. The smallest absolute Gasteiger partial charge is 0.137 e. The van der Waals surface area contributed by atoms with E-state index < -0.39 is 30.6 Å². The molecule has 0 saturated carbocycles. The van der Waals surface area contributed by atoms with E-state index in [-0.39, 0.29) is 0 Å². The molecule has 1 aromatic carbocycles. The van der Waals surface area contributed by atoms with E-state index in [0.717, 1.165) is 6.42 Å². The molecule has 0 amide bonds. The van der Waals surface area contributed by atoms with Gasteiger partial charge in [-0.25, -0.2) is 0 Å². The number of hydrogen-bond acceptors (Lipinski definition) is 5. The van der Waals surface area contributed by atoms with Crippen molar-refractivity contribution in [1.82, 2.24) is 5.32 Å². The maximum atomic E-state index is 9.83. The Morgan fingerprint density at radius 2 is 1.74 bits per heavy atom. The Balaban J connectivity index is 1.82. The van der Waals surface area contributed by atoms with E-state index >= 15 is 0 Å². The maximum absolute atomic E-state index is 9.83. The van der Waals surface area contributed by atoms with Crippen LogP contribution in [0.15, 0.2) is 30.3 Å². The zero-order chi connectivity index (χ0) is 13.8. The normalized spacial score (nSPS) is 35.3. The maximum Gasteiger partial charge on any atom is 0.137 e. The standard InChI is InChI=1S/C14H21NO4/c1-9-11(16)12(17)13(18)14(19-9)15-8-7-10-5-3-2-4-6-10/h2-6,9,11-18H,7-8H2,1H3/t9-,11+,12+,13+,14-/m1/s1.